The third kappa shape index (κ3) is 8.98. The molecule has 5 nitrogen and oxygen atoms in total. The lowest BCUT2D eigenvalue weighted by Gasteiger charge is -2.20. The molecule has 18 heavy (non-hydrogen) atoms. The van der Waals surface area contributed by atoms with Crippen molar-refractivity contribution in [3.63, 3.8) is 0 Å². The second-order valence-electron chi connectivity index (χ2n) is 5.83. The number of rotatable bonds is 6. The van der Waals surface area contributed by atoms with Gasteiger partial charge in [0.2, 0.25) is 11.8 Å². The molecule has 0 rings (SSSR count). The molecule has 0 saturated heterocycles. The van der Waals surface area contributed by atoms with Gasteiger partial charge in [0.25, 0.3) is 0 Å². The van der Waals surface area contributed by atoms with Crippen LogP contribution in [0.3, 0.4) is 0 Å². The quantitative estimate of drug-likeness (QED) is 0.749. The highest BCUT2D eigenvalue weighted by Crippen LogP contribution is 2.05. The third-order valence-corrected chi connectivity index (χ3v) is 2.09. The Bertz CT molecular complexity index is 282. The summed E-state index contributed by atoms with van der Waals surface area (Å²) in [7, 11) is 0. The Balaban J connectivity index is 3.96. The standard InChI is InChI=1S/C13H26N2O3/c1-9(2)7-14-12(17)10(3)15-11(16)8-18-13(4,5)6/h9-10H,7-8H2,1-6H3,(H,14,17)(H,15,16). The molecule has 2 amide bonds. The third-order valence-electron chi connectivity index (χ3n) is 2.09. The van der Waals surface area contributed by atoms with Gasteiger partial charge in [0.15, 0.2) is 0 Å². The van der Waals surface area contributed by atoms with Gasteiger partial charge in [-0.15, -0.1) is 0 Å². The molecule has 0 aliphatic rings. The summed E-state index contributed by atoms with van der Waals surface area (Å²) in [5, 5.41) is 5.37. The van der Waals surface area contributed by atoms with E-state index in [1.54, 1.807) is 6.92 Å². The van der Waals surface area contributed by atoms with Gasteiger partial charge in [0.05, 0.1) is 5.60 Å². The van der Waals surface area contributed by atoms with Crippen LogP contribution in [0.2, 0.25) is 0 Å². The van der Waals surface area contributed by atoms with E-state index in [1.807, 2.05) is 34.6 Å². The maximum atomic E-state index is 11.6. The van der Waals surface area contributed by atoms with E-state index in [4.69, 9.17) is 4.74 Å². The molecule has 2 N–H and O–H groups in total. The van der Waals surface area contributed by atoms with Gasteiger partial charge in [-0.2, -0.15) is 0 Å². The summed E-state index contributed by atoms with van der Waals surface area (Å²) in [6.45, 7) is 11.9. The van der Waals surface area contributed by atoms with Crippen molar-refractivity contribution in [2.75, 3.05) is 13.2 Å². The lowest BCUT2D eigenvalue weighted by Crippen LogP contribution is -2.47. The number of ether oxygens (including phenoxy) is 1. The highest BCUT2D eigenvalue weighted by molar-refractivity contribution is 5.87. The van der Waals surface area contributed by atoms with E-state index in [2.05, 4.69) is 10.6 Å². The number of amides is 2. The largest absolute Gasteiger partial charge is 0.366 e. The molecule has 0 spiro atoms. The van der Waals surface area contributed by atoms with Crippen LogP contribution in [-0.4, -0.2) is 36.6 Å². The van der Waals surface area contributed by atoms with E-state index < -0.39 is 6.04 Å². The maximum Gasteiger partial charge on any atom is 0.246 e. The van der Waals surface area contributed by atoms with Crippen LogP contribution in [0, 0.1) is 5.92 Å². The van der Waals surface area contributed by atoms with E-state index in [0.717, 1.165) is 0 Å². The molecule has 0 saturated carbocycles. The van der Waals surface area contributed by atoms with Crippen LogP contribution in [-0.2, 0) is 14.3 Å². The van der Waals surface area contributed by atoms with Crippen LogP contribution < -0.4 is 10.6 Å². The first kappa shape index (κ1) is 16.9. The minimum Gasteiger partial charge on any atom is -0.366 e. The second kappa shape index (κ2) is 7.36. The van der Waals surface area contributed by atoms with Crippen molar-refractivity contribution in [2.24, 2.45) is 5.92 Å². The van der Waals surface area contributed by atoms with Gasteiger partial charge in [-0.3, -0.25) is 9.59 Å². The van der Waals surface area contributed by atoms with E-state index >= 15 is 0 Å². The minimum atomic E-state index is -0.542. The Kier molecular flexibility index (Phi) is 6.91. The minimum absolute atomic E-state index is 0.0364. The summed E-state index contributed by atoms with van der Waals surface area (Å²) < 4.78 is 5.33. The second-order valence-corrected chi connectivity index (χ2v) is 5.83. The zero-order valence-corrected chi connectivity index (χ0v) is 12.3. The Morgan fingerprint density at radius 1 is 1.17 bits per heavy atom. The number of carbonyl (C=O) groups is 2. The average molecular weight is 258 g/mol. The van der Waals surface area contributed by atoms with E-state index in [1.165, 1.54) is 0 Å². The molecular formula is C13H26N2O3. The molecule has 0 fully saturated rings. The molecule has 0 aliphatic heterocycles. The summed E-state index contributed by atoms with van der Waals surface area (Å²) in [5.41, 5.74) is -0.361. The summed E-state index contributed by atoms with van der Waals surface area (Å²) in [5.74, 6) is -0.0639. The van der Waals surface area contributed by atoms with Gasteiger partial charge in [-0.05, 0) is 33.6 Å². The highest BCUT2D eigenvalue weighted by atomic mass is 16.5. The van der Waals surface area contributed by atoms with Crippen LogP contribution in [0.25, 0.3) is 0 Å². The topological polar surface area (TPSA) is 67.4 Å². The van der Waals surface area contributed by atoms with Gasteiger partial charge in [0.1, 0.15) is 12.6 Å². The van der Waals surface area contributed by atoms with Crippen LogP contribution in [0.1, 0.15) is 41.5 Å². The lowest BCUT2D eigenvalue weighted by atomic mass is 10.2. The van der Waals surface area contributed by atoms with Crippen LogP contribution in [0.4, 0.5) is 0 Å². The molecule has 0 heterocycles. The fraction of sp³-hybridized carbons (Fsp3) is 0.846. The fourth-order valence-corrected chi connectivity index (χ4v) is 1.09. The maximum absolute atomic E-state index is 11.6. The zero-order valence-electron chi connectivity index (χ0n) is 12.3. The molecule has 106 valence electrons. The Labute approximate surface area is 110 Å². The molecule has 1 atom stereocenters. The smallest absolute Gasteiger partial charge is 0.246 e. The zero-order chi connectivity index (χ0) is 14.3. The predicted molar refractivity (Wildman–Crippen MR) is 71.2 cm³/mol. The van der Waals surface area contributed by atoms with Gasteiger partial charge >= 0.3 is 0 Å². The lowest BCUT2D eigenvalue weighted by molar-refractivity contribution is -0.134. The first-order chi connectivity index (χ1) is 8.11. The SMILES string of the molecule is CC(C)CNC(=O)C(C)NC(=O)COC(C)(C)C. The van der Waals surface area contributed by atoms with Gasteiger partial charge in [0, 0.05) is 6.54 Å². The summed E-state index contributed by atoms with van der Waals surface area (Å²) in [6, 6.07) is -0.542. The van der Waals surface area contributed by atoms with Crippen LogP contribution in [0.5, 0.6) is 0 Å². The summed E-state index contributed by atoms with van der Waals surface area (Å²) in [6.07, 6.45) is 0. The molecule has 5 heteroatoms. The fourth-order valence-electron chi connectivity index (χ4n) is 1.09. The first-order valence-corrected chi connectivity index (χ1v) is 6.33. The molecule has 0 aromatic rings. The molecule has 0 aromatic carbocycles. The van der Waals surface area contributed by atoms with Gasteiger partial charge in [-0.25, -0.2) is 0 Å². The van der Waals surface area contributed by atoms with E-state index in [9.17, 15) is 9.59 Å². The average Bonchev–Trinajstić information content (AvgIpc) is 2.21. The van der Waals surface area contributed by atoms with Crippen LogP contribution >= 0.6 is 0 Å². The number of nitrogens with one attached hydrogen (secondary N) is 2. The van der Waals surface area contributed by atoms with Crippen molar-refractivity contribution in [2.45, 2.75) is 53.2 Å². The molecule has 1 unspecified atom stereocenters. The number of hydrogen-bond donors (Lipinski definition) is 2. The summed E-state index contributed by atoms with van der Waals surface area (Å²) >= 11 is 0. The van der Waals surface area contributed by atoms with E-state index in [0.29, 0.717) is 12.5 Å². The molecule has 0 radical (unpaired) electrons. The van der Waals surface area contributed by atoms with Crippen molar-refractivity contribution in [1.82, 2.24) is 10.6 Å². The Morgan fingerprint density at radius 2 is 1.72 bits per heavy atom. The van der Waals surface area contributed by atoms with Crippen molar-refractivity contribution >= 4 is 11.8 Å². The monoisotopic (exact) mass is 258 g/mol. The van der Waals surface area contributed by atoms with Crippen LogP contribution in [0.15, 0.2) is 0 Å². The van der Waals surface area contributed by atoms with Gasteiger partial charge < -0.3 is 15.4 Å². The molecule has 0 aromatic heterocycles. The molecule has 0 bridgehead atoms. The first-order valence-electron chi connectivity index (χ1n) is 6.33. The molecular weight excluding hydrogens is 232 g/mol. The van der Waals surface area contributed by atoms with Crippen molar-refractivity contribution in [3.8, 4) is 0 Å². The van der Waals surface area contributed by atoms with Crippen molar-refractivity contribution < 1.29 is 14.3 Å². The van der Waals surface area contributed by atoms with E-state index in [-0.39, 0.29) is 24.0 Å². The normalized spacial score (nSPS) is 13.3. The van der Waals surface area contributed by atoms with Gasteiger partial charge in [-0.1, -0.05) is 13.8 Å². The number of carbonyl (C=O) groups excluding carboxylic acids is 2. The van der Waals surface area contributed by atoms with Crippen molar-refractivity contribution in [3.05, 3.63) is 0 Å². The Hall–Kier alpha value is -1.10. The molecule has 0 aliphatic carbocycles. The predicted octanol–water partition coefficient (Wildman–Crippen LogP) is 1.08. The van der Waals surface area contributed by atoms with Crippen molar-refractivity contribution in [1.29, 1.82) is 0 Å². The highest BCUT2D eigenvalue weighted by Gasteiger charge is 2.17. The number of hydrogen-bond acceptors (Lipinski definition) is 3. The Morgan fingerprint density at radius 3 is 2.17 bits per heavy atom. The summed E-state index contributed by atoms with van der Waals surface area (Å²) in [4.78, 5) is 23.1.